The fourth-order valence-corrected chi connectivity index (χ4v) is 11.9. The second-order valence-electron chi connectivity index (χ2n) is 22.1. The molecule has 0 radical (unpaired) electrons. The molecule has 0 saturated heterocycles. The van der Waals surface area contributed by atoms with Crippen LogP contribution in [-0.4, -0.2) is 163 Å². The van der Waals surface area contributed by atoms with Crippen molar-refractivity contribution in [1.82, 2.24) is 45.9 Å². The second kappa shape index (κ2) is 26.0. The average Bonchev–Trinajstić information content (AvgIpc) is 1.91. The Balaban J connectivity index is 0.823. The highest BCUT2D eigenvalue weighted by molar-refractivity contribution is 6.35. The van der Waals surface area contributed by atoms with Gasteiger partial charge in [0, 0.05) is 151 Å². The molecule has 2 unspecified atom stereocenters. The lowest BCUT2D eigenvalue weighted by atomic mass is 9.93. The van der Waals surface area contributed by atoms with E-state index in [9.17, 15) is 15.3 Å². The summed E-state index contributed by atoms with van der Waals surface area (Å²) in [6, 6.07) is 10.6. The van der Waals surface area contributed by atoms with Gasteiger partial charge in [-0.3, -0.25) is 0 Å². The van der Waals surface area contributed by atoms with Gasteiger partial charge in [0.1, 0.15) is 56.1 Å². The Hall–Kier alpha value is -8.30. The maximum absolute atomic E-state index is 17.5. The Morgan fingerprint density at radius 3 is 1.54 bits per heavy atom. The summed E-state index contributed by atoms with van der Waals surface area (Å²) >= 11 is 7.22. The highest BCUT2D eigenvalue weighted by atomic mass is 35.5. The lowest BCUT2D eigenvalue weighted by molar-refractivity contribution is 0.0898. The lowest BCUT2D eigenvalue weighted by Gasteiger charge is -2.31. The largest absolute Gasteiger partial charge is 0.486 e. The smallest absolute Gasteiger partial charge is 0.229 e. The van der Waals surface area contributed by atoms with Crippen LogP contribution in [0.1, 0.15) is 58.6 Å². The predicted octanol–water partition coefficient (Wildman–Crippen LogP) is 6.57. The Bertz CT molecular complexity index is 3690. The van der Waals surface area contributed by atoms with Crippen LogP contribution in [0.4, 0.5) is 56.8 Å². The van der Waals surface area contributed by atoms with Crippen molar-refractivity contribution >= 4 is 80.7 Å². The fourth-order valence-electron chi connectivity index (χ4n) is 11.6. The van der Waals surface area contributed by atoms with Crippen LogP contribution in [0.15, 0.2) is 54.6 Å². The number of aliphatic hydroxyl groups excluding tert-OH is 3. The van der Waals surface area contributed by atoms with Gasteiger partial charge in [-0.05, 0) is 36.1 Å². The zero-order valence-corrected chi connectivity index (χ0v) is 49.7. The summed E-state index contributed by atoms with van der Waals surface area (Å²) in [5.74, 6) is 4.21. The molecule has 5 atom stereocenters. The minimum atomic E-state index is -0.797. The molecule has 458 valence electrons. The summed E-state index contributed by atoms with van der Waals surface area (Å²) in [6.45, 7) is 7.52. The molecule has 26 heteroatoms. The molecule has 0 bridgehead atoms. The first-order chi connectivity index (χ1) is 42.2. The van der Waals surface area contributed by atoms with Crippen molar-refractivity contribution in [3.63, 3.8) is 0 Å². The third kappa shape index (κ3) is 13.2. The van der Waals surface area contributed by atoms with Crippen LogP contribution in [0.25, 0.3) is 16.7 Å². The van der Waals surface area contributed by atoms with Gasteiger partial charge in [-0.2, -0.15) is 15.0 Å². The van der Waals surface area contributed by atoms with Crippen LogP contribution >= 0.6 is 11.6 Å². The standard InChI is InChI=1S/C61H71ClFN15O9/c1-30-14-48(64-3)76-59(70-30)73-42-22-46-57(51(31(42)2)32-6-9-67-25-37(79)15-32)84-28-40(86-46)19-36-21-50(66-5)78-61(72-36)75-44-24-47-58(53(55(44)63)34-8-11-69-27-39(81)17-34)85-29-41(87-47)18-35-20-49(65-4)77-60(71-35)74-43-23-45-56(83-13-12-82-45)52(54(43)62)33-7-10-68-26-38(80)16-33/h6-8,14,20-24,37-41,67-69,79-81H,9-13,15-19,25-29H2,1-5H3,(H2,64,70,73,76)(H2,65,71,74,77)(H2,66,72,75,78)/t37-,38+,39+,40?,41?/m1/s1. The SMILES string of the molecule is CNc1cc(C)nc(Nc2cc3c(c(C4=CCNC[C@H](O)C4)c2C)OCC(Cc2cc(NC)nc(Nc4cc5c(c(C6=CCNC[C@@H](O)C6)c4F)OCC(Cc4cc(NC)nc(Nc6cc7c(c(C8=CCNC[C@@H](O)C8)c6Cl)OCCO7)n4)O5)n2)O3)n1. The number of hydrogen-bond donors (Lipinski definition) is 12. The highest BCUT2D eigenvalue weighted by Crippen LogP contribution is 2.50. The van der Waals surface area contributed by atoms with E-state index in [1.165, 1.54) is 6.07 Å². The molecule has 0 spiro atoms. The number of benzene rings is 3. The number of nitrogens with one attached hydrogen (secondary N) is 9. The van der Waals surface area contributed by atoms with Crippen LogP contribution in [0.3, 0.4) is 0 Å². The van der Waals surface area contributed by atoms with Gasteiger partial charge in [-0.15, -0.1) is 0 Å². The van der Waals surface area contributed by atoms with Crippen LogP contribution in [0, 0.1) is 19.7 Å². The molecule has 6 aromatic rings. The third-order valence-corrected chi connectivity index (χ3v) is 16.0. The first kappa shape index (κ1) is 59.1. The number of β-amino-alcohol motifs (C(OH)–C–C–N with tert-alkyl or cyclic N) is 3. The van der Waals surface area contributed by atoms with E-state index in [1.54, 1.807) is 39.3 Å². The molecule has 24 nitrogen and oxygen atoms in total. The van der Waals surface area contributed by atoms with E-state index >= 15 is 4.39 Å². The van der Waals surface area contributed by atoms with Crippen LogP contribution in [0.5, 0.6) is 34.5 Å². The molecular weight excluding hydrogens is 1140 g/mol. The normalized spacial score (nSPS) is 20.8. The van der Waals surface area contributed by atoms with Crippen molar-refractivity contribution in [2.45, 2.75) is 76.5 Å². The molecule has 9 heterocycles. The quantitative estimate of drug-likeness (QED) is 0.0488. The monoisotopic (exact) mass is 1210 g/mol. The second-order valence-corrected chi connectivity index (χ2v) is 22.4. The Kier molecular flexibility index (Phi) is 17.6. The van der Waals surface area contributed by atoms with E-state index in [0.717, 1.165) is 28.0 Å². The van der Waals surface area contributed by atoms with E-state index < -0.39 is 36.3 Å². The van der Waals surface area contributed by atoms with Gasteiger partial charge in [-0.25, -0.2) is 19.3 Å². The van der Waals surface area contributed by atoms with Gasteiger partial charge in [0.05, 0.1) is 51.7 Å². The summed E-state index contributed by atoms with van der Waals surface area (Å²) < 4.78 is 56.4. The Morgan fingerprint density at radius 1 is 0.529 bits per heavy atom. The summed E-state index contributed by atoms with van der Waals surface area (Å²) in [4.78, 5) is 28.6. The number of nitrogens with zero attached hydrogens (tertiary/aromatic N) is 6. The average molecular weight is 1210 g/mol. The number of rotatable bonds is 16. The van der Waals surface area contributed by atoms with Crippen LogP contribution < -0.4 is 76.3 Å². The molecule has 6 aliphatic rings. The Labute approximate surface area is 507 Å². The minimum Gasteiger partial charge on any atom is -0.486 e. The molecule has 3 aromatic carbocycles. The number of ether oxygens (including phenoxy) is 6. The first-order valence-electron chi connectivity index (χ1n) is 29.2. The van der Waals surface area contributed by atoms with E-state index in [4.69, 9.17) is 60.0 Å². The molecule has 3 aromatic heterocycles. The molecule has 12 rings (SSSR count). The lowest BCUT2D eigenvalue weighted by Crippen LogP contribution is -2.32. The maximum atomic E-state index is 17.5. The fraction of sp³-hybridized carbons (Fsp3) is 0.410. The highest BCUT2D eigenvalue weighted by Gasteiger charge is 2.34. The van der Waals surface area contributed by atoms with Gasteiger partial charge >= 0.3 is 0 Å². The zero-order chi connectivity index (χ0) is 60.3. The minimum absolute atomic E-state index is 0.00789. The first-order valence-corrected chi connectivity index (χ1v) is 29.6. The van der Waals surface area contributed by atoms with Crippen LogP contribution in [-0.2, 0) is 12.8 Å². The summed E-state index contributed by atoms with van der Waals surface area (Å²) in [6.07, 6.45) is 4.17. The van der Waals surface area contributed by atoms with Gasteiger partial charge in [-0.1, -0.05) is 29.8 Å². The van der Waals surface area contributed by atoms with E-state index in [2.05, 4.69) is 63.9 Å². The Morgan fingerprint density at radius 2 is 0.977 bits per heavy atom. The summed E-state index contributed by atoms with van der Waals surface area (Å²) in [7, 11) is 5.29. The van der Waals surface area contributed by atoms with E-state index in [1.807, 2.05) is 38.1 Å². The van der Waals surface area contributed by atoms with E-state index in [-0.39, 0.29) is 67.1 Å². The molecule has 0 fully saturated rings. The number of aliphatic hydroxyl groups is 3. The van der Waals surface area contributed by atoms with Crippen LogP contribution in [0.2, 0.25) is 5.02 Å². The number of fused-ring (bicyclic) bond motifs is 3. The van der Waals surface area contributed by atoms with Crippen molar-refractivity contribution in [3.05, 3.63) is 105 Å². The van der Waals surface area contributed by atoms with Gasteiger partial charge < -0.3 is 91.6 Å². The molecule has 87 heavy (non-hydrogen) atoms. The maximum Gasteiger partial charge on any atom is 0.229 e. The van der Waals surface area contributed by atoms with Crippen molar-refractivity contribution in [2.24, 2.45) is 0 Å². The number of anilines is 9. The van der Waals surface area contributed by atoms with Gasteiger partial charge in [0.25, 0.3) is 0 Å². The molecular formula is C61H71ClFN15O9. The summed E-state index contributed by atoms with van der Waals surface area (Å²) in [5, 5.41) is 61.9. The predicted molar refractivity (Wildman–Crippen MR) is 331 cm³/mol. The number of halogens is 2. The van der Waals surface area contributed by atoms with Gasteiger partial charge in [0.2, 0.25) is 17.8 Å². The molecule has 0 amide bonds. The van der Waals surface area contributed by atoms with Gasteiger partial charge in [0.15, 0.2) is 40.3 Å². The molecule has 0 aliphatic carbocycles. The van der Waals surface area contributed by atoms with Crippen molar-refractivity contribution in [3.8, 4) is 34.5 Å². The molecule has 12 N–H and O–H groups in total. The molecule has 0 saturated carbocycles. The van der Waals surface area contributed by atoms with E-state index in [0.29, 0.717) is 151 Å². The zero-order valence-electron chi connectivity index (χ0n) is 48.9. The number of hydrogen-bond acceptors (Lipinski definition) is 24. The van der Waals surface area contributed by atoms with Crippen molar-refractivity contribution in [2.75, 3.05) is 119 Å². The number of aryl methyl sites for hydroxylation is 1. The topological polar surface area (TPSA) is 302 Å². The number of aromatic nitrogens is 6. The summed E-state index contributed by atoms with van der Waals surface area (Å²) in [5.41, 5.74) is 7.86. The van der Waals surface area contributed by atoms with Crippen molar-refractivity contribution < 1.29 is 48.1 Å². The van der Waals surface area contributed by atoms with Crippen molar-refractivity contribution in [1.29, 1.82) is 0 Å². The molecule has 6 aliphatic heterocycles. The third-order valence-electron chi connectivity index (χ3n) is 15.6.